The molecular weight excluding hydrogens is 287 g/mol. The van der Waals surface area contributed by atoms with Gasteiger partial charge in [-0.15, -0.1) is 0 Å². The van der Waals surface area contributed by atoms with Gasteiger partial charge in [-0.1, -0.05) is 23.2 Å². The Bertz CT molecular complexity index is 494. The molecule has 2 rings (SSSR count). The van der Waals surface area contributed by atoms with E-state index in [1.54, 1.807) is 13.1 Å². The van der Waals surface area contributed by atoms with Gasteiger partial charge in [0.25, 0.3) is 0 Å². The van der Waals surface area contributed by atoms with Crippen LogP contribution in [-0.4, -0.2) is 35.5 Å². The topological polar surface area (TPSA) is 52.6 Å². The number of amides is 1. The minimum absolute atomic E-state index is 0.00474. The second kappa shape index (κ2) is 5.99. The van der Waals surface area contributed by atoms with E-state index in [2.05, 4.69) is 5.32 Å². The summed E-state index contributed by atoms with van der Waals surface area (Å²) in [6, 6.07) is 3.03. The van der Waals surface area contributed by atoms with Gasteiger partial charge >= 0.3 is 0 Å². The van der Waals surface area contributed by atoms with Crippen molar-refractivity contribution in [2.45, 2.75) is 25.4 Å². The fraction of sp³-hybridized carbons (Fsp3) is 0.462. The number of aromatic hydroxyl groups is 1. The number of hydrogen-bond acceptors (Lipinski definition) is 3. The van der Waals surface area contributed by atoms with Crippen molar-refractivity contribution in [3.8, 4) is 5.75 Å². The fourth-order valence-electron chi connectivity index (χ4n) is 2.44. The Morgan fingerprint density at radius 2 is 2.26 bits per heavy atom. The molecule has 1 amide bonds. The summed E-state index contributed by atoms with van der Waals surface area (Å²) in [4.78, 5) is 13.8. The number of hydrogen-bond donors (Lipinski definition) is 2. The third kappa shape index (κ3) is 3.14. The predicted octanol–water partition coefficient (Wildman–Crippen LogP) is 2.41. The first kappa shape index (κ1) is 14.4. The lowest BCUT2D eigenvalue weighted by atomic mass is 10.1. The Morgan fingerprint density at radius 3 is 2.95 bits per heavy atom. The highest BCUT2D eigenvalue weighted by Crippen LogP contribution is 2.33. The van der Waals surface area contributed by atoms with E-state index in [-0.39, 0.29) is 22.7 Å². The van der Waals surface area contributed by atoms with Gasteiger partial charge in [-0.05, 0) is 31.5 Å². The van der Waals surface area contributed by atoms with Crippen LogP contribution in [0.1, 0.15) is 18.4 Å². The van der Waals surface area contributed by atoms with Crippen LogP contribution in [0.5, 0.6) is 5.75 Å². The third-order valence-corrected chi connectivity index (χ3v) is 3.90. The minimum Gasteiger partial charge on any atom is -0.506 e. The second-order valence-corrected chi connectivity index (χ2v) is 5.48. The van der Waals surface area contributed by atoms with Gasteiger partial charge in [0.1, 0.15) is 5.75 Å². The maximum atomic E-state index is 11.8. The van der Waals surface area contributed by atoms with Gasteiger partial charge in [0.15, 0.2) is 0 Å². The maximum Gasteiger partial charge on any atom is 0.237 e. The van der Waals surface area contributed by atoms with Crippen molar-refractivity contribution in [3.05, 3.63) is 27.7 Å². The molecule has 0 radical (unpaired) electrons. The van der Waals surface area contributed by atoms with Crippen LogP contribution in [0.2, 0.25) is 10.0 Å². The van der Waals surface area contributed by atoms with Crippen LogP contribution < -0.4 is 5.32 Å². The van der Waals surface area contributed by atoms with Gasteiger partial charge in [0.05, 0.1) is 11.1 Å². The van der Waals surface area contributed by atoms with E-state index in [0.29, 0.717) is 17.1 Å². The van der Waals surface area contributed by atoms with Crippen LogP contribution in [-0.2, 0) is 11.3 Å². The molecule has 1 aliphatic heterocycles. The Morgan fingerprint density at radius 1 is 1.53 bits per heavy atom. The van der Waals surface area contributed by atoms with Crippen molar-refractivity contribution >= 4 is 29.1 Å². The molecule has 104 valence electrons. The molecule has 19 heavy (non-hydrogen) atoms. The largest absolute Gasteiger partial charge is 0.506 e. The molecule has 0 saturated carbocycles. The van der Waals surface area contributed by atoms with E-state index >= 15 is 0 Å². The highest BCUT2D eigenvalue weighted by molar-refractivity contribution is 6.35. The lowest BCUT2D eigenvalue weighted by molar-refractivity contribution is -0.125. The summed E-state index contributed by atoms with van der Waals surface area (Å²) in [6.07, 6.45) is 1.79. The van der Waals surface area contributed by atoms with Crippen LogP contribution >= 0.6 is 23.2 Å². The number of nitrogens with one attached hydrogen (secondary N) is 1. The first-order chi connectivity index (χ1) is 9.02. The Labute approximate surface area is 122 Å². The van der Waals surface area contributed by atoms with Crippen molar-refractivity contribution in [2.75, 3.05) is 13.6 Å². The number of carbonyl (C=O) groups excluding carboxylic acids is 1. The summed E-state index contributed by atoms with van der Waals surface area (Å²) in [5.74, 6) is 0.0405. The molecule has 1 atom stereocenters. The number of likely N-dealkylation sites (tertiary alicyclic amines) is 1. The highest BCUT2D eigenvalue weighted by atomic mass is 35.5. The van der Waals surface area contributed by atoms with Gasteiger partial charge in [0.2, 0.25) is 5.91 Å². The molecule has 0 aliphatic carbocycles. The number of likely N-dealkylation sites (N-methyl/N-ethyl adjacent to an activating group) is 1. The number of rotatable bonds is 3. The zero-order valence-corrected chi connectivity index (χ0v) is 12.1. The average Bonchev–Trinajstić information content (AvgIpc) is 2.82. The van der Waals surface area contributed by atoms with E-state index in [0.717, 1.165) is 19.4 Å². The van der Waals surface area contributed by atoms with E-state index in [4.69, 9.17) is 23.2 Å². The first-order valence-electron chi connectivity index (χ1n) is 6.15. The smallest absolute Gasteiger partial charge is 0.237 e. The summed E-state index contributed by atoms with van der Waals surface area (Å²) >= 11 is 11.8. The third-order valence-electron chi connectivity index (χ3n) is 3.39. The molecular formula is C13H16Cl2N2O2. The van der Waals surface area contributed by atoms with Gasteiger partial charge < -0.3 is 10.4 Å². The number of phenols is 1. The lowest BCUT2D eigenvalue weighted by Gasteiger charge is -2.23. The van der Waals surface area contributed by atoms with Crippen molar-refractivity contribution in [2.24, 2.45) is 0 Å². The maximum absolute atomic E-state index is 11.8. The average molecular weight is 303 g/mol. The number of phenolic OH excluding ortho intramolecular Hbond substituents is 1. The SMILES string of the molecule is CNC(=O)C1CCCN1Cc1cc(Cl)cc(Cl)c1O. The molecule has 1 aliphatic rings. The van der Waals surface area contributed by atoms with Crippen LogP contribution in [0.3, 0.4) is 0 Å². The zero-order valence-electron chi connectivity index (χ0n) is 10.6. The first-order valence-corrected chi connectivity index (χ1v) is 6.91. The van der Waals surface area contributed by atoms with E-state index < -0.39 is 0 Å². The van der Waals surface area contributed by atoms with Crippen molar-refractivity contribution in [1.82, 2.24) is 10.2 Å². The number of nitrogens with zero attached hydrogens (tertiary/aromatic N) is 1. The normalized spacial score (nSPS) is 19.6. The van der Waals surface area contributed by atoms with Gasteiger partial charge in [0, 0.05) is 24.2 Å². The summed E-state index contributed by atoms with van der Waals surface area (Å²) in [7, 11) is 1.63. The molecule has 1 aromatic carbocycles. The molecule has 2 N–H and O–H groups in total. The van der Waals surface area contributed by atoms with Crippen molar-refractivity contribution < 1.29 is 9.90 Å². The molecule has 0 aromatic heterocycles. The van der Waals surface area contributed by atoms with E-state index in [9.17, 15) is 9.90 Å². The van der Waals surface area contributed by atoms with Crippen molar-refractivity contribution in [3.63, 3.8) is 0 Å². The van der Waals surface area contributed by atoms with E-state index in [1.165, 1.54) is 6.07 Å². The molecule has 0 spiro atoms. The Balaban J connectivity index is 2.19. The molecule has 1 saturated heterocycles. The van der Waals surface area contributed by atoms with Gasteiger partial charge in [-0.25, -0.2) is 0 Å². The molecule has 1 fully saturated rings. The number of benzene rings is 1. The molecule has 6 heteroatoms. The van der Waals surface area contributed by atoms with Crippen molar-refractivity contribution in [1.29, 1.82) is 0 Å². The monoisotopic (exact) mass is 302 g/mol. The standard InChI is InChI=1S/C13H16Cl2N2O2/c1-16-13(19)11-3-2-4-17(11)7-8-5-9(14)6-10(15)12(8)18/h5-6,11,18H,2-4,7H2,1H3,(H,16,19). The second-order valence-electron chi connectivity index (χ2n) is 4.64. The minimum atomic E-state index is -0.151. The summed E-state index contributed by atoms with van der Waals surface area (Å²) in [6.45, 7) is 1.28. The molecule has 1 heterocycles. The summed E-state index contributed by atoms with van der Waals surface area (Å²) in [5.41, 5.74) is 0.647. The fourth-order valence-corrected chi connectivity index (χ4v) is 2.97. The molecule has 1 unspecified atom stereocenters. The van der Waals surface area contributed by atoms with Crippen LogP contribution in [0.25, 0.3) is 0 Å². The number of carbonyl (C=O) groups is 1. The molecule has 0 bridgehead atoms. The molecule has 1 aromatic rings. The van der Waals surface area contributed by atoms with Crippen LogP contribution in [0.15, 0.2) is 12.1 Å². The molecule has 4 nitrogen and oxygen atoms in total. The summed E-state index contributed by atoms with van der Waals surface area (Å²) < 4.78 is 0. The number of halogens is 2. The Kier molecular flexibility index (Phi) is 4.55. The van der Waals surface area contributed by atoms with Crippen LogP contribution in [0, 0.1) is 0 Å². The van der Waals surface area contributed by atoms with E-state index in [1.807, 2.05) is 4.90 Å². The Hall–Kier alpha value is -0.970. The highest BCUT2D eigenvalue weighted by Gasteiger charge is 2.30. The van der Waals surface area contributed by atoms with Crippen LogP contribution in [0.4, 0.5) is 0 Å². The lowest BCUT2D eigenvalue weighted by Crippen LogP contribution is -2.41. The zero-order chi connectivity index (χ0) is 14.0. The predicted molar refractivity (Wildman–Crippen MR) is 75.6 cm³/mol. The van der Waals surface area contributed by atoms with Gasteiger partial charge in [-0.2, -0.15) is 0 Å². The van der Waals surface area contributed by atoms with Gasteiger partial charge in [-0.3, -0.25) is 9.69 Å². The quantitative estimate of drug-likeness (QED) is 0.901. The summed E-state index contributed by atoms with van der Waals surface area (Å²) in [5, 5.41) is 13.3.